The minimum atomic E-state index is -1.25. The Balaban J connectivity index is 2.78. The molecule has 0 aliphatic heterocycles. The van der Waals surface area contributed by atoms with E-state index < -0.39 is 8.07 Å². The highest BCUT2D eigenvalue weighted by Gasteiger charge is 2.37. The number of thioether (sulfide) groups is 1. The van der Waals surface area contributed by atoms with E-state index in [9.17, 15) is 0 Å². The Hall–Kier alpha value is -0.673. The molecule has 1 unspecified atom stereocenters. The standard InChI is InChI=1S/C17H28OSSi/c1-8-17(2,3)16(20(5,6)7)19-13-14-9-11-15(18-4)12-10-14/h8-12,16H,1,13H2,2-7H3. The molecule has 0 amide bonds. The first-order valence-corrected chi connectivity index (χ1v) is 11.7. The number of allylic oxidation sites excluding steroid dienone is 1. The van der Waals surface area contributed by atoms with Crippen LogP contribution in [0.5, 0.6) is 5.75 Å². The maximum Gasteiger partial charge on any atom is 0.118 e. The summed E-state index contributed by atoms with van der Waals surface area (Å²) in [5, 5.41) is 0. The third kappa shape index (κ3) is 4.71. The monoisotopic (exact) mass is 308 g/mol. The van der Waals surface area contributed by atoms with Gasteiger partial charge >= 0.3 is 0 Å². The number of hydrogen-bond acceptors (Lipinski definition) is 2. The van der Waals surface area contributed by atoms with E-state index in [2.05, 4.69) is 70.0 Å². The fourth-order valence-corrected chi connectivity index (χ4v) is 8.27. The summed E-state index contributed by atoms with van der Waals surface area (Å²) < 4.78 is 5.21. The molecule has 1 aromatic carbocycles. The predicted molar refractivity (Wildman–Crippen MR) is 95.4 cm³/mol. The van der Waals surface area contributed by atoms with Crippen LogP contribution in [0, 0.1) is 5.41 Å². The van der Waals surface area contributed by atoms with E-state index in [4.69, 9.17) is 4.74 Å². The Bertz CT molecular complexity index is 431. The third-order valence-corrected chi connectivity index (χ3v) is 9.94. The molecule has 0 saturated heterocycles. The van der Waals surface area contributed by atoms with Gasteiger partial charge in [0.05, 0.1) is 15.2 Å². The zero-order valence-electron chi connectivity index (χ0n) is 13.7. The quantitative estimate of drug-likeness (QED) is 0.493. The number of benzene rings is 1. The largest absolute Gasteiger partial charge is 0.497 e. The van der Waals surface area contributed by atoms with E-state index >= 15 is 0 Å². The average Bonchev–Trinajstić information content (AvgIpc) is 2.38. The van der Waals surface area contributed by atoms with Crippen molar-refractivity contribution in [3.63, 3.8) is 0 Å². The van der Waals surface area contributed by atoms with Crippen molar-refractivity contribution >= 4 is 19.8 Å². The summed E-state index contributed by atoms with van der Waals surface area (Å²) in [7, 11) is 0.458. The van der Waals surface area contributed by atoms with Crippen LogP contribution < -0.4 is 4.74 Å². The molecule has 3 heteroatoms. The van der Waals surface area contributed by atoms with Crippen LogP contribution in [0.15, 0.2) is 36.9 Å². The first kappa shape index (κ1) is 17.4. The zero-order valence-corrected chi connectivity index (χ0v) is 15.5. The Labute approximate surface area is 129 Å². The molecule has 112 valence electrons. The lowest BCUT2D eigenvalue weighted by Crippen LogP contribution is -2.45. The van der Waals surface area contributed by atoms with Crippen molar-refractivity contribution < 1.29 is 4.74 Å². The van der Waals surface area contributed by atoms with E-state index in [-0.39, 0.29) is 5.41 Å². The molecule has 0 aliphatic rings. The lowest BCUT2D eigenvalue weighted by molar-refractivity contribution is 0.414. The van der Waals surface area contributed by atoms with Crippen molar-refractivity contribution in [2.75, 3.05) is 7.11 Å². The first-order chi connectivity index (χ1) is 9.20. The molecular weight excluding hydrogens is 280 g/mol. The highest BCUT2D eigenvalue weighted by atomic mass is 32.2. The van der Waals surface area contributed by atoms with Gasteiger partial charge in [-0.15, -0.1) is 6.58 Å². The van der Waals surface area contributed by atoms with Gasteiger partial charge in [-0.25, -0.2) is 0 Å². The predicted octanol–water partition coefficient (Wildman–Crippen LogP) is 5.39. The molecule has 1 atom stereocenters. The second-order valence-corrected chi connectivity index (χ2v) is 13.8. The van der Waals surface area contributed by atoms with Gasteiger partial charge in [0.2, 0.25) is 0 Å². The molecule has 1 rings (SSSR count). The maximum absolute atomic E-state index is 5.21. The first-order valence-electron chi connectivity index (χ1n) is 7.09. The molecule has 0 heterocycles. The highest BCUT2D eigenvalue weighted by Crippen LogP contribution is 2.39. The Morgan fingerprint density at radius 1 is 1.25 bits per heavy atom. The van der Waals surface area contributed by atoms with Crippen LogP contribution in [0.1, 0.15) is 19.4 Å². The molecule has 0 spiro atoms. The zero-order chi connectivity index (χ0) is 15.4. The van der Waals surface area contributed by atoms with E-state index in [0.717, 1.165) is 11.5 Å². The minimum Gasteiger partial charge on any atom is -0.497 e. The molecule has 0 bridgehead atoms. The summed E-state index contributed by atoms with van der Waals surface area (Å²) in [6.45, 7) is 16.0. The number of hydrogen-bond donors (Lipinski definition) is 0. The van der Waals surface area contributed by atoms with Gasteiger partial charge in [0.1, 0.15) is 5.75 Å². The fraction of sp³-hybridized carbons (Fsp3) is 0.529. The van der Waals surface area contributed by atoms with Gasteiger partial charge in [-0.3, -0.25) is 0 Å². The topological polar surface area (TPSA) is 9.23 Å². The summed E-state index contributed by atoms with van der Waals surface area (Å²) in [5.41, 5.74) is 1.54. The van der Waals surface area contributed by atoms with Crippen LogP contribution in [0.25, 0.3) is 0 Å². The molecular formula is C17H28OSSi. The van der Waals surface area contributed by atoms with Crippen molar-refractivity contribution in [3.05, 3.63) is 42.5 Å². The summed E-state index contributed by atoms with van der Waals surface area (Å²) in [4.78, 5) is 0.662. The molecule has 0 radical (unpaired) electrons. The van der Waals surface area contributed by atoms with Gasteiger partial charge < -0.3 is 4.74 Å². The Morgan fingerprint density at radius 3 is 2.20 bits per heavy atom. The van der Waals surface area contributed by atoms with Gasteiger partial charge in [-0.05, 0) is 23.1 Å². The highest BCUT2D eigenvalue weighted by molar-refractivity contribution is 8.00. The number of ether oxygens (including phenoxy) is 1. The summed E-state index contributed by atoms with van der Waals surface area (Å²) in [6, 6.07) is 8.40. The van der Waals surface area contributed by atoms with Crippen molar-refractivity contribution in [1.82, 2.24) is 0 Å². The Morgan fingerprint density at radius 2 is 1.80 bits per heavy atom. The van der Waals surface area contributed by atoms with Gasteiger partial charge in [-0.2, -0.15) is 11.8 Å². The normalized spacial score (nSPS) is 13.9. The maximum atomic E-state index is 5.21. The summed E-state index contributed by atoms with van der Waals surface area (Å²) in [5.74, 6) is 1.97. The second-order valence-electron chi connectivity index (χ2n) is 6.93. The number of methoxy groups -OCH3 is 1. The van der Waals surface area contributed by atoms with E-state index in [1.165, 1.54) is 5.56 Å². The van der Waals surface area contributed by atoms with Crippen molar-refractivity contribution in [2.24, 2.45) is 5.41 Å². The van der Waals surface area contributed by atoms with Crippen LogP contribution in [0.2, 0.25) is 19.6 Å². The number of rotatable bonds is 7. The molecule has 0 N–H and O–H groups in total. The SMILES string of the molecule is C=CC(C)(C)C(SCc1ccc(OC)cc1)[Si](C)(C)C. The van der Waals surface area contributed by atoms with Crippen molar-refractivity contribution in [3.8, 4) is 5.75 Å². The third-order valence-electron chi connectivity index (χ3n) is 3.56. The van der Waals surface area contributed by atoms with Crippen LogP contribution in [0.3, 0.4) is 0 Å². The van der Waals surface area contributed by atoms with Crippen LogP contribution in [-0.4, -0.2) is 20.1 Å². The van der Waals surface area contributed by atoms with Gasteiger partial charge in [0, 0.05) is 10.6 Å². The van der Waals surface area contributed by atoms with Gasteiger partial charge in [0.15, 0.2) is 0 Å². The lowest BCUT2D eigenvalue weighted by Gasteiger charge is -2.39. The molecule has 1 aromatic rings. The van der Waals surface area contributed by atoms with E-state index in [0.29, 0.717) is 4.87 Å². The van der Waals surface area contributed by atoms with E-state index in [1.54, 1.807) is 7.11 Å². The molecule has 0 saturated carbocycles. The molecule has 0 aliphatic carbocycles. The van der Waals surface area contributed by atoms with Crippen LogP contribution in [-0.2, 0) is 5.75 Å². The van der Waals surface area contributed by atoms with Crippen LogP contribution in [0.4, 0.5) is 0 Å². The summed E-state index contributed by atoms with van der Waals surface area (Å²) >= 11 is 2.08. The van der Waals surface area contributed by atoms with Crippen molar-refractivity contribution in [2.45, 2.75) is 44.1 Å². The lowest BCUT2D eigenvalue weighted by atomic mass is 9.97. The Kier molecular flexibility index (Phi) is 5.96. The average molecular weight is 309 g/mol. The minimum absolute atomic E-state index is 0.182. The summed E-state index contributed by atoms with van der Waals surface area (Å²) in [6.07, 6.45) is 2.12. The molecule has 20 heavy (non-hydrogen) atoms. The van der Waals surface area contributed by atoms with E-state index in [1.807, 2.05) is 12.1 Å². The van der Waals surface area contributed by atoms with Gasteiger partial charge in [0.25, 0.3) is 0 Å². The van der Waals surface area contributed by atoms with Crippen LogP contribution >= 0.6 is 11.8 Å². The fourth-order valence-electron chi connectivity index (χ4n) is 2.59. The smallest absolute Gasteiger partial charge is 0.118 e. The van der Waals surface area contributed by atoms with Gasteiger partial charge in [-0.1, -0.05) is 51.7 Å². The molecule has 1 nitrogen and oxygen atoms in total. The molecule has 0 fully saturated rings. The molecule has 0 aromatic heterocycles. The van der Waals surface area contributed by atoms with Crippen molar-refractivity contribution in [1.29, 1.82) is 0 Å². The second kappa shape index (κ2) is 6.86.